The fraction of sp³-hybridized carbons (Fsp3) is 0.250. The lowest BCUT2D eigenvalue weighted by molar-refractivity contribution is -0.275. The van der Waals surface area contributed by atoms with E-state index in [4.69, 9.17) is 16.7 Å². The third-order valence-electron chi connectivity index (χ3n) is 1.67. The Labute approximate surface area is 97.4 Å². The van der Waals surface area contributed by atoms with Crippen LogP contribution >= 0.6 is 11.6 Å². The molecule has 1 aromatic heterocycles. The van der Waals surface area contributed by atoms with Gasteiger partial charge in [0.2, 0.25) is 0 Å². The number of alkyl halides is 4. The van der Waals surface area contributed by atoms with Gasteiger partial charge < -0.3 is 14.9 Å². The first-order valence-corrected chi connectivity index (χ1v) is 4.55. The molecule has 2 N–H and O–H groups in total. The Bertz CT molecular complexity index is 449. The van der Waals surface area contributed by atoms with E-state index in [0.717, 1.165) is 0 Å². The van der Waals surface area contributed by atoms with Crippen LogP contribution in [-0.2, 0) is 5.88 Å². The van der Waals surface area contributed by atoms with Gasteiger partial charge in [-0.2, -0.15) is 0 Å². The highest BCUT2D eigenvalue weighted by atomic mass is 35.5. The molecule has 0 aromatic carbocycles. The zero-order valence-electron chi connectivity index (χ0n) is 7.95. The number of carboxylic acid groups (broad SMARTS) is 1. The summed E-state index contributed by atoms with van der Waals surface area (Å²) in [6, 6.07) is 0. The second kappa shape index (κ2) is 4.66. The zero-order valence-corrected chi connectivity index (χ0v) is 8.71. The van der Waals surface area contributed by atoms with E-state index >= 15 is 0 Å². The average Bonchev–Trinajstić information content (AvgIpc) is 2.15. The molecule has 0 unspecified atom stereocenters. The van der Waals surface area contributed by atoms with Gasteiger partial charge in [-0.15, -0.1) is 24.8 Å². The predicted octanol–water partition coefficient (Wildman–Crippen LogP) is 2.12. The second-order valence-corrected chi connectivity index (χ2v) is 3.05. The number of aromatic carboxylic acids is 1. The van der Waals surface area contributed by atoms with Crippen LogP contribution in [0.4, 0.5) is 13.2 Å². The zero-order chi connectivity index (χ0) is 13.2. The van der Waals surface area contributed by atoms with E-state index in [9.17, 15) is 23.1 Å². The van der Waals surface area contributed by atoms with Crippen LogP contribution in [0.1, 0.15) is 16.1 Å². The minimum absolute atomic E-state index is 0.489. The van der Waals surface area contributed by atoms with Gasteiger partial charge in [-0.05, 0) is 0 Å². The Kier molecular flexibility index (Phi) is 3.66. The molecule has 0 aliphatic rings. The van der Waals surface area contributed by atoms with Crippen molar-refractivity contribution >= 4 is 17.6 Å². The monoisotopic (exact) mass is 271 g/mol. The number of hydrogen-bond donors (Lipinski definition) is 2. The summed E-state index contributed by atoms with van der Waals surface area (Å²) in [5.41, 5.74) is -1.47. The van der Waals surface area contributed by atoms with Crippen LogP contribution in [0.25, 0.3) is 0 Å². The summed E-state index contributed by atoms with van der Waals surface area (Å²) in [5.74, 6) is -4.07. The molecule has 0 amide bonds. The molecule has 1 rings (SSSR count). The third kappa shape index (κ3) is 3.13. The van der Waals surface area contributed by atoms with Crippen molar-refractivity contribution in [3.63, 3.8) is 0 Å². The molecule has 17 heavy (non-hydrogen) atoms. The van der Waals surface area contributed by atoms with E-state index in [2.05, 4.69) is 9.72 Å². The maximum absolute atomic E-state index is 12.1. The number of nitrogens with zero attached hydrogens (tertiary/aromatic N) is 1. The topological polar surface area (TPSA) is 79.7 Å². The maximum atomic E-state index is 12.1. The Morgan fingerprint density at radius 1 is 1.53 bits per heavy atom. The van der Waals surface area contributed by atoms with Gasteiger partial charge in [0.05, 0.1) is 17.6 Å². The Morgan fingerprint density at radius 3 is 2.53 bits per heavy atom. The molecule has 0 aliphatic carbocycles. The number of pyridine rings is 1. The van der Waals surface area contributed by atoms with Crippen LogP contribution < -0.4 is 4.74 Å². The average molecular weight is 272 g/mol. The molecule has 0 saturated heterocycles. The number of aromatic nitrogens is 1. The lowest BCUT2D eigenvalue weighted by Crippen LogP contribution is -2.20. The minimum atomic E-state index is -5.11. The molecule has 0 fully saturated rings. The summed E-state index contributed by atoms with van der Waals surface area (Å²) >= 11 is 5.31. The molecular formula is C8H5ClF3NO4. The number of carbonyl (C=O) groups is 1. The van der Waals surface area contributed by atoms with Crippen molar-refractivity contribution in [1.29, 1.82) is 0 Å². The van der Waals surface area contributed by atoms with Crippen LogP contribution in [0.15, 0.2) is 6.20 Å². The normalized spacial score (nSPS) is 11.3. The van der Waals surface area contributed by atoms with Crippen LogP contribution in [0.3, 0.4) is 0 Å². The second-order valence-electron chi connectivity index (χ2n) is 2.79. The maximum Gasteiger partial charge on any atom is 0.573 e. The number of ether oxygens (including phenoxy) is 1. The van der Waals surface area contributed by atoms with Crippen molar-refractivity contribution < 1.29 is 32.9 Å². The number of hydrogen-bond acceptors (Lipinski definition) is 4. The van der Waals surface area contributed by atoms with E-state index in [1.165, 1.54) is 0 Å². The summed E-state index contributed by atoms with van der Waals surface area (Å²) < 4.78 is 39.7. The minimum Gasteiger partial charge on any atom is -0.506 e. The van der Waals surface area contributed by atoms with E-state index in [1.54, 1.807) is 0 Å². The highest BCUT2D eigenvalue weighted by Crippen LogP contribution is 2.35. The van der Waals surface area contributed by atoms with Crippen LogP contribution in [0.2, 0.25) is 0 Å². The fourth-order valence-corrected chi connectivity index (χ4v) is 1.29. The Morgan fingerprint density at radius 2 is 2.12 bits per heavy atom. The lowest BCUT2D eigenvalue weighted by atomic mass is 10.2. The largest absolute Gasteiger partial charge is 0.573 e. The molecule has 5 nitrogen and oxygen atoms in total. The van der Waals surface area contributed by atoms with Gasteiger partial charge in [-0.1, -0.05) is 0 Å². The molecule has 0 aliphatic heterocycles. The van der Waals surface area contributed by atoms with Gasteiger partial charge in [0.15, 0.2) is 11.4 Å². The smallest absolute Gasteiger partial charge is 0.506 e. The van der Waals surface area contributed by atoms with E-state index in [1.807, 2.05) is 0 Å². The summed E-state index contributed by atoms with van der Waals surface area (Å²) in [6.45, 7) is 0. The Hall–Kier alpha value is -1.70. The number of halogens is 4. The molecule has 94 valence electrons. The third-order valence-corrected chi connectivity index (χ3v) is 1.94. The van der Waals surface area contributed by atoms with E-state index < -0.39 is 41.0 Å². The van der Waals surface area contributed by atoms with Crippen LogP contribution in [-0.4, -0.2) is 27.5 Å². The molecule has 0 spiro atoms. The highest BCUT2D eigenvalue weighted by Gasteiger charge is 2.35. The molecule has 9 heteroatoms. The summed E-state index contributed by atoms with van der Waals surface area (Å²) in [6.07, 6.45) is -4.43. The Balaban J connectivity index is 3.39. The number of aromatic hydroxyl groups is 1. The molecule has 0 bridgehead atoms. The summed E-state index contributed by atoms with van der Waals surface area (Å²) in [7, 11) is 0. The summed E-state index contributed by atoms with van der Waals surface area (Å²) in [4.78, 5) is 13.8. The van der Waals surface area contributed by atoms with Gasteiger partial charge in [0.1, 0.15) is 5.75 Å². The quantitative estimate of drug-likeness (QED) is 0.823. The standard InChI is InChI=1S/C8H5ClF3NO4/c9-1-3-4(14)2-13-5(7(15)16)6(3)17-8(10,11)12/h2,14H,1H2,(H,15,16). The van der Waals surface area contributed by atoms with Crippen molar-refractivity contribution in [2.75, 3.05) is 0 Å². The van der Waals surface area contributed by atoms with Gasteiger partial charge in [-0.25, -0.2) is 9.78 Å². The fourth-order valence-electron chi connectivity index (χ4n) is 1.03. The van der Waals surface area contributed by atoms with Crippen molar-refractivity contribution in [3.05, 3.63) is 17.5 Å². The van der Waals surface area contributed by atoms with Crippen molar-refractivity contribution in [1.82, 2.24) is 4.98 Å². The van der Waals surface area contributed by atoms with Crippen LogP contribution in [0, 0.1) is 0 Å². The predicted molar refractivity (Wildman–Crippen MR) is 49.1 cm³/mol. The van der Waals surface area contributed by atoms with E-state index in [0.29, 0.717) is 6.20 Å². The molecule has 0 radical (unpaired) electrons. The van der Waals surface area contributed by atoms with Crippen molar-refractivity contribution in [2.24, 2.45) is 0 Å². The first-order chi connectivity index (χ1) is 7.76. The van der Waals surface area contributed by atoms with Crippen molar-refractivity contribution in [2.45, 2.75) is 12.2 Å². The number of carboxylic acids is 1. The highest BCUT2D eigenvalue weighted by molar-refractivity contribution is 6.17. The molecule has 0 saturated carbocycles. The first-order valence-electron chi connectivity index (χ1n) is 4.02. The molecular weight excluding hydrogens is 267 g/mol. The number of rotatable bonds is 3. The van der Waals surface area contributed by atoms with E-state index in [-0.39, 0.29) is 0 Å². The molecule has 1 aromatic rings. The SMILES string of the molecule is O=C(O)c1ncc(O)c(CCl)c1OC(F)(F)F. The van der Waals surface area contributed by atoms with Gasteiger partial charge >= 0.3 is 12.3 Å². The van der Waals surface area contributed by atoms with Gasteiger partial charge in [0, 0.05) is 0 Å². The lowest BCUT2D eigenvalue weighted by Gasteiger charge is -2.14. The van der Waals surface area contributed by atoms with Crippen molar-refractivity contribution in [3.8, 4) is 11.5 Å². The summed E-state index contributed by atoms with van der Waals surface area (Å²) in [5, 5.41) is 17.8. The van der Waals surface area contributed by atoms with Crippen LogP contribution in [0.5, 0.6) is 11.5 Å². The van der Waals surface area contributed by atoms with Gasteiger partial charge in [-0.3, -0.25) is 0 Å². The first kappa shape index (κ1) is 13.4. The van der Waals surface area contributed by atoms with Gasteiger partial charge in [0.25, 0.3) is 0 Å². The molecule has 0 atom stereocenters. The molecule has 1 heterocycles.